The topological polar surface area (TPSA) is 210 Å². The van der Waals surface area contributed by atoms with Gasteiger partial charge < -0.3 is 37.9 Å². The molecule has 16 heteroatoms. The lowest BCUT2D eigenvalue weighted by molar-refractivity contribution is -0.217. The van der Waals surface area contributed by atoms with Gasteiger partial charge in [0.2, 0.25) is 0 Å². The molecule has 0 aromatic carbocycles. The smallest absolute Gasteiger partial charge is 0.311 e. The predicted molar refractivity (Wildman–Crippen MR) is 493 cm³/mol. The minimum absolute atomic E-state index is 0. The SMILES string of the molecule is C.C.C.C.C.C.C.C.CCC(C)(C)C(=O)OC1CC2CC(C(=O)OC3(C)C4CC5CC(C4)CC3C5)C1C2.CCC(C)(C)C(=O)OC1CC2CC(C(=O)OC3(CC)C4CC5CC(C4)CC3C5)C1C2.CCC(C)C(=O)OC1CC2CC(C(=O)OC3(C)C4CC5CC(C4)CC3C5)C1C2.CCC(C)C(=O)OC1CC2CC(C(=O)OC3(CC)C4CC5CC(C4)CC3C5)C1C2. The van der Waals surface area contributed by atoms with Crippen molar-refractivity contribution in [2.24, 2.45) is 188 Å². The number of rotatable bonds is 22. The number of hydrogen-bond donors (Lipinski definition) is 0. The van der Waals surface area contributed by atoms with Gasteiger partial charge in [-0.1, -0.05) is 115 Å². The number of carbonyl (C=O) groups excluding carboxylic acids is 8. The third-order valence-electron chi connectivity index (χ3n) is 39.1. The van der Waals surface area contributed by atoms with Gasteiger partial charge in [0.15, 0.2) is 0 Å². The summed E-state index contributed by atoms with van der Waals surface area (Å²) in [4.78, 5) is 103. The van der Waals surface area contributed by atoms with Gasteiger partial charge in [-0.3, -0.25) is 38.4 Å². The second-order valence-electron chi connectivity index (χ2n) is 46.2. The molecule has 0 heterocycles. The van der Waals surface area contributed by atoms with E-state index in [0.29, 0.717) is 71.0 Å². The van der Waals surface area contributed by atoms with Crippen LogP contribution in [0.25, 0.3) is 0 Å². The molecule has 0 N–H and O–H groups in total. The van der Waals surface area contributed by atoms with Crippen molar-refractivity contribution in [1.29, 1.82) is 0 Å². The first-order chi connectivity index (χ1) is 55.2. The molecule has 24 saturated carbocycles. The first-order valence-electron chi connectivity index (χ1n) is 49.0. The van der Waals surface area contributed by atoms with Gasteiger partial charge in [0, 0.05) is 23.7 Å². The standard InChI is InChI=1S/C26H40O4.2C25H38O4.C24H36O4.8CH4/c1-5-25(3,4)24(28)29-22-14-17-12-20(22)21(13-17)23(27)30-26(6-2)18-8-15-7-16(10-18)11-19(26)9-15;1-5-24(2,3)23(27)28-21-13-16-11-19(21)20(12-16)22(26)29-25(4)17-7-14-6-15(9-17)10-18(25)8-14;1-4-14(3)23(26)28-22-13-17-11-20(22)21(12-17)24(27)29-25(5-2)18-7-15-6-16(9-18)10-19(25)8-15;1-4-13(2)22(25)27-21-12-16-10-19(21)20(11-16)23(26)28-24(3)17-6-14-5-15(8-17)9-18(24)7-14;;;;;;;;/h15-22H,5-14H2,1-4H3;14-21H,5-13H2,1-4H3;14-22H,4-13H2,1-3H3;13-21H,4-12H2,1-3H3;8*1H4. The Hall–Kier alpha value is -4.24. The van der Waals surface area contributed by atoms with Crippen molar-refractivity contribution in [3.8, 4) is 0 Å². The number of carbonyl (C=O) groups is 8. The minimum atomic E-state index is -0.454. The summed E-state index contributed by atoms with van der Waals surface area (Å²) in [5.41, 5.74) is -1.86. The van der Waals surface area contributed by atoms with Crippen LogP contribution in [0.1, 0.15) is 400 Å². The molecule has 24 rings (SSSR count). The summed E-state index contributed by atoms with van der Waals surface area (Å²) < 4.78 is 49.5. The summed E-state index contributed by atoms with van der Waals surface area (Å²) >= 11 is 0. The molecule has 0 aliphatic heterocycles. The third kappa shape index (κ3) is 18.9. The van der Waals surface area contributed by atoms with Crippen LogP contribution in [0.4, 0.5) is 0 Å². The van der Waals surface area contributed by atoms with Crippen LogP contribution in [0.5, 0.6) is 0 Å². The zero-order valence-corrected chi connectivity index (χ0v) is 74.0. The van der Waals surface area contributed by atoms with Crippen molar-refractivity contribution in [2.75, 3.05) is 0 Å². The fraction of sp³-hybridized carbons (Fsp3) is 0.926. The Morgan fingerprint density at radius 3 is 0.677 bits per heavy atom. The van der Waals surface area contributed by atoms with Crippen molar-refractivity contribution in [3.05, 3.63) is 0 Å². The van der Waals surface area contributed by atoms with Gasteiger partial charge in [-0.05, 0) is 404 Å². The molecule has 24 aliphatic carbocycles. The fourth-order valence-corrected chi connectivity index (χ4v) is 31.8. The van der Waals surface area contributed by atoms with Gasteiger partial charge in [-0.15, -0.1) is 0 Å². The summed E-state index contributed by atoms with van der Waals surface area (Å²) in [5.74, 6) is 13.5. The van der Waals surface area contributed by atoms with Crippen LogP contribution < -0.4 is 0 Å². The minimum Gasteiger partial charge on any atom is -0.462 e. The second kappa shape index (κ2) is 39.7. The Kier molecular flexibility index (Phi) is 33.1. The summed E-state index contributed by atoms with van der Waals surface area (Å²) in [7, 11) is 0. The molecule has 0 radical (unpaired) electrons. The van der Waals surface area contributed by atoms with Crippen LogP contribution in [0.15, 0.2) is 0 Å². The predicted octanol–water partition coefficient (Wildman–Crippen LogP) is 25.6. The van der Waals surface area contributed by atoms with E-state index < -0.39 is 10.8 Å². The second-order valence-corrected chi connectivity index (χ2v) is 46.2. The van der Waals surface area contributed by atoms with Crippen LogP contribution in [0, 0.1) is 188 Å². The van der Waals surface area contributed by atoms with Crippen molar-refractivity contribution in [1.82, 2.24) is 0 Å². The molecule has 24 aliphatic rings. The zero-order chi connectivity index (χ0) is 81.8. The van der Waals surface area contributed by atoms with Crippen LogP contribution in [0.3, 0.4) is 0 Å². The molecule has 0 amide bonds. The van der Waals surface area contributed by atoms with Gasteiger partial charge in [0.25, 0.3) is 0 Å². The van der Waals surface area contributed by atoms with Gasteiger partial charge in [0.05, 0.1) is 46.3 Å². The molecule has 16 nitrogen and oxygen atoms in total. The monoisotopic (exact) mass is 1740 g/mol. The third-order valence-corrected chi connectivity index (χ3v) is 39.1. The van der Waals surface area contributed by atoms with E-state index in [4.69, 9.17) is 37.9 Å². The van der Waals surface area contributed by atoms with Gasteiger partial charge >= 0.3 is 47.8 Å². The molecule has 0 aromatic rings. The summed E-state index contributed by atoms with van der Waals surface area (Å²) in [6.07, 6.45) is 41.9. The number of esters is 8. The number of hydrogen-bond acceptors (Lipinski definition) is 16. The maximum absolute atomic E-state index is 13.5. The highest BCUT2D eigenvalue weighted by Crippen LogP contribution is 2.67. The van der Waals surface area contributed by atoms with E-state index in [2.05, 4.69) is 27.7 Å². The van der Waals surface area contributed by atoms with Crippen molar-refractivity contribution < 1.29 is 76.3 Å². The zero-order valence-electron chi connectivity index (χ0n) is 74.0. The molecule has 124 heavy (non-hydrogen) atoms. The molecule has 24 fully saturated rings. The molecular formula is C108H184O16. The highest BCUT2D eigenvalue weighted by atomic mass is 16.6. The molecule has 0 aromatic heterocycles. The average molecular weight is 1740 g/mol. The van der Waals surface area contributed by atoms with E-state index >= 15 is 0 Å². The summed E-state index contributed by atoms with van der Waals surface area (Å²) in [6, 6.07) is 0. The lowest BCUT2D eigenvalue weighted by Crippen LogP contribution is -2.60. The van der Waals surface area contributed by atoms with Crippen LogP contribution in [-0.2, 0) is 76.3 Å². The van der Waals surface area contributed by atoms with E-state index in [9.17, 15) is 38.4 Å². The van der Waals surface area contributed by atoms with E-state index in [0.717, 1.165) is 163 Å². The van der Waals surface area contributed by atoms with Crippen LogP contribution in [-0.4, -0.2) is 94.6 Å². The summed E-state index contributed by atoms with van der Waals surface area (Å²) in [5, 5.41) is 0. The molecule has 0 saturated heterocycles. The van der Waals surface area contributed by atoms with E-state index in [1.165, 1.54) is 128 Å². The van der Waals surface area contributed by atoms with Gasteiger partial charge in [-0.25, -0.2) is 0 Å². The van der Waals surface area contributed by atoms with Crippen molar-refractivity contribution in [3.63, 3.8) is 0 Å². The Labute approximate surface area is 755 Å². The first kappa shape index (κ1) is 103. The lowest BCUT2D eigenvalue weighted by Gasteiger charge is -2.60. The van der Waals surface area contributed by atoms with Gasteiger partial charge in [0.1, 0.15) is 46.8 Å². The Morgan fingerprint density at radius 2 is 0.476 bits per heavy atom. The quantitative estimate of drug-likeness (QED) is 0.0729. The number of fused-ring (bicyclic) bond motifs is 8. The van der Waals surface area contributed by atoms with E-state index in [-0.39, 0.29) is 213 Å². The first-order valence-corrected chi connectivity index (χ1v) is 49.0. The van der Waals surface area contributed by atoms with Crippen LogP contribution >= 0.6 is 0 Å². The largest absolute Gasteiger partial charge is 0.462 e. The molecule has 0 spiro atoms. The Morgan fingerprint density at radius 1 is 0.274 bits per heavy atom. The van der Waals surface area contributed by atoms with Gasteiger partial charge in [-0.2, -0.15) is 0 Å². The average Bonchev–Trinajstić information content (AvgIpc) is 1.51. The molecule has 18 unspecified atom stereocenters. The van der Waals surface area contributed by atoms with Crippen molar-refractivity contribution in [2.45, 2.75) is 447 Å². The van der Waals surface area contributed by atoms with Crippen molar-refractivity contribution >= 4 is 47.8 Å². The van der Waals surface area contributed by atoms with E-state index in [1.807, 2.05) is 69.2 Å². The normalized spacial score (nSPS) is 44.6. The maximum Gasteiger partial charge on any atom is 0.311 e. The molecule has 712 valence electrons. The van der Waals surface area contributed by atoms with Crippen LogP contribution in [0.2, 0.25) is 0 Å². The fourth-order valence-electron chi connectivity index (χ4n) is 31.8. The maximum atomic E-state index is 13.5. The molecule has 18 atom stereocenters. The Bertz CT molecular complexity index is 3550. The number of ether oxygens (including phenoxy) is 8. The molecular weight excluding hydrogens is 1550 g/mol. The molecule has 24 bridgehead atoms. The summed E-state index contributed by atoms with van der Waals surface area (Å²) in [6.45, 7) is 28.6. The Balaban J connectivity index is 0.000000183. The van der Waals surface area contributed by atoms with E-state index in [1.54, 1.807) is 0 Å². The highest BCUT2D eigenvalue weighted by molar-refractivity contribution is 5.79. The lowest BCUT2D eigenvalue weighted by atomic mass is 9.49. The highest BCUT2D eigenvalue weighted by Gasteiger charge is 2.66.